The fraction of sp³-hybridized carbons (Fsp3) is 0.435. The predicted molar refractivity (Wildman–Crippen MR) is 241 cm³/mol. The summed E-state index contributed by atoms with van der Waals surface area (Å²) in [5.74, 6) is 14.9. The van der Waals surface area contributed by atoms with Gasteiger partial charge in [-0.2, -0.15) is 0 Å². The highest BCUT2D eigenvalue weighted by Crippen LogP contribution is 2.38. The summed E-state index contributed by atoms with van der Waals surface area (Å²) in [7, 11) is -6.37. The van der Waals surface area contributed by atoms with E-state index in [9.17, 15) is 0 Å². The molecule has 0 aliphatic rings. The van der Waals surface area contributed by atoms with Gasteiger partial charge in [0.25, 0.3) is 0 Å². The van der Waals surface area contributed by atoms with Gasteiger partial charge in [-0.25, -0.2) is 0 Å². The fourth-order valence-electron chi connectivity index (χ4n) is 7.07. The molecule has 0 nitrogen and oxygen atoms in total. The summed E-state index contributed by atoms with van der Waals surface area (Å²) in [6, 6.07) is 20.1. The van der Waals surface area contributed by atoms with Gasteiger partial charge in [-0.15, -0.1) is 0 Å². The lowest BCUT2D eigenvalue weighted by atomic mass is 9.87. The van der Waals surface area contributed by atoms with Crippen LogP contribution in [0.2, 0.25) is 78.6 Å². The summed E-state index contributed by atoms with van der Waals surface area (Å²) < 4.78 is 0. The number of hydrogen-bond donors (Lipinski definition) is 0. The summed E-state index contributed by atoms with van der Waals surface area (Å²) >= 11 is 0. The van der Waals surface area contributed by atoms with Crippen molar-refractivity contribution in [2.24, 2.45) is 10.8 Å². The van der Waals surface area contributed by atoms with Gasteiger partial charge in [-0.05, 0) is 109 Å². The third-order valence-electron chi connectivity index (χ3n) is 9.66. The third-order valence-corrected chi connectivity index (χ3v) is 18.3. The number of fused-ring (bicyclic) bond motifs is 4. The van der Waals surface area contributed by atoms with Crippen LogP contribution >= 0.6 is 0 Å². The molecule has 0 atom stereocenters. The molecule has 5 rings (SSSR count). The number of hydrogen-bond acceptors (Lipinski definition) is 0. The molecule has 0 N–H and O–H groups in total. The van der Waals surface area contributed by atoms with Gasteiger partial charge in [0.15, 0.2) is 0 Å². The highest BCUT2D eigenvalue weighted by atomic mass is 28.3. The lowest BCUT2D eigenvalue weighted by Crippen LogP contribution is -2.56. The molecule has 0 spiro atoms. The first-order chi connectivity index (χ1) is 22.5. The van der Waals surface area contributed by atoms with E-state index >= 15 is 0 Å². The van der Waals surface area contributed by atoms with E-state index in [1.807, 2.05) is 0 Å². The van der Waals surface area contributed by atoms with Crippen molar-refractivity contribution in [2.75, 3.05) is 0 Å². The molecule has 0 bridgehead atoms. The zero-order valence-corrected chi connectivity index (χ0v) is 38.6. The average molecular weight is 727 g/mol. The minimum atomic E-state index is -1.59. The summed E-state index contributed by atoms with van der Waals surface area (Å²) in [5, 5.41) is 16.7. The minimum Gasteiger partial charge on any atom is -0.0919 e. The second-order valence-corrected chi connectivity index (χ2v) is 41.2. The summed E-state index contributed by atoms with van der Waals surface area (Å²) in [5.41, 5.74) is 2.04. The lowest BCUT2D eigenvalue weighted by molar-refractivity contribution is 0.570. The zero-order chi connectivity index (χ0) is 37.6. The van der Waals surface area contributed by atoms with Crippen LogP contribution in [-0.4, -0.2) is 32.3 Å². The fourth-order valence-corrected chi connectivity index (χ4v) is 17.4. The predicted octanol–water partition coefficient (Wildman–Crippen LogP) is 11.3. The maximum Gasteiger partial charge on any atom is 0.0774 e. The smallest absolute Gasteiger partial charge is 0.0774 e. The molecule has 50 heavy (non-hydrogen) atoms. The van der Waals surface area contributed by atoms with Crippen molar-refractivity contribution in [2.45, 2.75) is 120 Å². The van der Waals surface area contributed by atoms with E-state index in [2.05, 4.69) is 192 Å². The van der Waals surface area contributed by atoms with E-state index in [-0.39, 0.29) is 10.8 Å². The molecule has 0 heterocycles. The molecule has 0 radical (unpaired) electrons. The van der Waals surface area contributed by atoms with Gasteiger partial charge in [0.1, 0.15) is 0 Å². The van der Waals surface area contributed by atoms with Gasteiger partial charge >= 0.3 is 0 Å². The highest BCUT2D eigenvalue weighted by molar-refractivity contribution is 6.99. The van der Waals surface area contributed by atoms with Crippen LogP contribution in [0.15, 0.2) is 48.5 Å². The van der Waals surface area contributed by atoms with Gasteiger partial charge in [-0.1, -0.05) is 147 Å². The molecule has 0 aliphatic heterocycles. The minimum absolute atomic E-state index is 0.120. The highest BCUT2D eigenvalue weighted by Gasteiger charge is 2.30. The Morgan fingerprint density at radius 1 is 0.340 bits per heavy atom. The maximum absolute atomic E-state index is 3.79. The maximum atomic E-state index is 3.79. The Morgan fingerprint density at radius 3 is 0.700 bits per heavy atom. The average Bonchev–Trinajstić information content (AvgIpc) is 2.92. The molecule has 4 heteroatoms. The molecule has 0 fully saturated rings. The van der Waals surface area contributed by atoms with Crippen LogP contribution in [0.1, 0.15) is 52.7 Å². The molecule has 0 aromatic heterocycles. The monoisotopic (exact) mass is 726 g/mol. The van der Waals surface area contributed by atoms with E-state index < -0.39 is 32.3 Å². The molecule has 5 aromatic rings. The largest absolute Gasteiger partial charge is 0.0919 e. The second kappa shape index (κ2) is 12.4. The number of rotatable bonds is 4. The Bertz CT molecular complexity index is 2010. The molecule has 0 amide bonds. The van der Waals surface area contributed by atoms with Gasteiger partial charge in [-0.3, -0.25) is 0 Å². The quantitative estimate of drug-likeness (QED) is 0.0983. The van der Waals surface area contributed by atoms with E-state index in [4.69, 9.17) is 0 Å². The van der Waals surface area contributed by atoms with Crippen molar-refractivity contribution >= 4 is 96.1 Å². The van der Waals surface area contributed by atoms with Gasteiger partial charge in [0.05, 0.1) is 32.3 Å². The van der Waals surface area contributed by atoms with Crippen LogP contribution in [0.3, 0.4) is 0 Å². The van der Waals surface area contributed by atoms with Crippen molar-refractivity contribution < 1.29 is 0 Å². The van der Waals surface area contributed by atoms with Crippen LogP contribution in [0.25, 0.3) is 43.1 Å². The van der Waals surface area contributed by atoms with E-state index in [0.29, 0.717) is 0 Å². The normalized spacial score (nSPS) is 13.5. The topological polar surface area (TPSA) is 0 Å². The van der Waals surface area contributed by atoms with Crippen molar-refractivity contribution in [1.29, 1.82) is 0 Å². The van der Waals surface area contributed by atoms with Crippen molar-refractivity contribution in [3.05, 3.63) is 59.7 Å². The first kappa shape index (κ1) is 38.4. The summed E-state index contributed by atoms with van der Waals surface area (Å²) in [6.07, 6.45) is 0. The van der Waals surface area contributed by atoms with Crippen LogP contribution in [-0.2, 0) is 0 Å². The lowest BCUT2D eigenvalue weighted by Gasteiger charge is -2.29. The van der Waals surface area contributed by atoms with Crippen molar-refractivity contribution in [3.8, 4) is 23.7 Å². The van der Waals surface area contributed by atoms with Crippen LogP contribution in [0.5, 0.6) is 0 Å². The Kier molecular flexibility index (Phi) is 9.49. The molecule has 0 unspecified atom stereocenters. The van der Waals surface area contributed by atoms with Gasteiger partial charge in [0, 0.05) is 22.0 Å². The molecule has 5 aromatic carbocycles. The summed E-state index contributed by atoms with van der Waals surface area (Å²) in [6.45, 7) is 43.3. The van der Waals surface area contributed by atoms with Crippen LogP contribution in [0, 0.1) is 34.5 Å². The summed E-state index contributed by atoms with van der Waals surface area (Å²) in [4.78, 5) is 0. The zero-order valence-electron chi connectivity index (χ0n) is 34.6. The molecule has 0 aliphatic carbocycles. The molecule has 0 saturated carbocycles. The molecule has 262 valence electrons. The first-order valence-corrected chi connectivity index (χ1v) is 32.6. The molecular formula is C46H62Si4. The Labute approximate surface area is 308 Å². The molecule has 0 saturated heterocycles. The van der Waals surface area contributed by atoms with Gasteiger partial charge < -0.3 is 0 Å². The van der Waals surface area contributed by atoms with Crippen molar-refractivity contribution in [3.63, 3.8) is 0 Å². The van der Waals surface area contributed by atoms with Crippen molar-refractivity contribution in [1.82, 2.24) is 0 Å². The van der Waals surface area contributed by atoms with Crippen LogP contribution in [0.4, 0.5) is 0 Å². The Balaban J connectivity index is 2.10. The van der Waals surface area contributed by atoms with E-state index in [0.717, 1.165) is 11.1 Å². The SMILES string of the molecule is CC(C)(C)C#Cc1c2cc3cc([Si](C)(C)C)c([Si](C)(C)C)cc3cc2c(C#CC(C)(C)C)c2cc3cc([Si](C)(C)C)c([Si](C)(C)C)cc3cc12. The molecular weight excluding hydrogens is 665 g/mol. The van der Waals surface area contributed by atoms with E-state index in [1.54, 1.807) is 20.7 Å². The van der Waals surface area contributed by atoms with Crippen LogP contribution < -0.4 is 20.7 Å². The second-order valence-electron chi connectivity index (χ2n) is 21.0. The Hall–Kier alpha value is -2.87. The standard InChI is InChI=1S/C46H62Si4/c1-45(2,3)21-19-35-37-23-31-27-41(47(7,8)9)43(49(13,14)15)29-33(31)25-39(37)36(20-22-46(4,5)6)40-26-34-30-44(50(16,17)18)42(48(10,11)12)28-32(34)24-38(35)40/h23-30H,1-18H3. The van der Waals surface area contributed by atoms with Gasteiger partial charge in [0.2, 0.25) is 0 Å². The Morgan fingerprint density at radius 2 is 0.540 bits per heavy atom. The van der Waals surface area contributed by atoms with E-state index in [1.165, 1.54) is 43.1 Å². The number of benzene rings is 5. The third kappa shape index (κ3) is 7.95. The first-order valence-electron chi connectivity index (χ1n) is 18.6.